The molecule has 0 aliphatic carbocycles. The molecule has 0 saturated carbocycles. The SMILES string of the molecule is Cc1ccc2oc(C(N)c3ccc(Cl)cc3Cl)cc2c1. The van der Waals surface area contributed by atoms with Gasteiger partial charge < -0.3 is 10.2 Å². The number of rotatable bonds is 2. The van der Waals surface area contributed by atoms with Crippen molar-refractivity contribution in [2.45, 2.75) is 13.0 Å². The van der Waals surface area contributed by atoms with E-state index in [1.165, 1.54) is 5.56 Å². The van der Waals surface area contributed by atoms with Gasteiger partial charge in [0.05, 0.1) is 6.04 Å². The van der Waals surface area contributed by atoms with Crippen molar-refractivity contribution in [1.29, 1.82) is 0 Å². The molecule has 0 radical (unpaired) electrons. The van der Waals surface area contributed by atoms with E-state index >= 15 is 0 Å². The quantitative estimate of drug-likeness (QED) is 0.715. The lowest BCUT2D eigenvalue weighted by Gasteiger charge is -2.11. The molecule has 0 saturated heterocycles. The maximum Gasteiger partial charge on any atom is 0.134 e. The molecule has 102 valence electrons. The largest absolute Gasteiger partial charge is 0.459 e. The van der Waals surface area contributed by atoms with Crippen LogP contribution in [0.2, 0.25) is 10.0 Å². The number of aryl methyl sites for hydroxylation is 1. The first-order valence-corrected chi connectivity index (χ1v) is 7.01. The third-order valence-corrected chi connectivity index (χ3v) is 3.86. The molecule has 0 fully saturated rings. The highest BCUT2D eigenvalue weighted by molar-refractivity contribution is 6.35. The van der Waals surface area contributed by atoms with Gasteiger partial charge in [-0.3, -0.25) is 0 Å². The minimum Gasteiger partial charge on any atom is -0.459 e. The van der Waals surface area contributed by atoms with Crippen LogP contribution in [0.5, 0.6) is 0 Å². The van der Waals surface area contributed by atoms with Gasteiger partial charge in [-0.25, -0.2) is 0 Å². The number of fused-ring (bicyclic) bond motifs is 1. The number of nitrogens with two attached hydrogens (primary N) is 1. The predicted molar refractivity (Wildman–Crippen MR) is 83.4 cm³/mol. The van der Waals surface area contributed by atoms with Gasteiger partial charge >= 0.3 is 0 Å². The zero-order chi connectivity index (χ0) is 14.3. The summed E-state index contributed by atoms with van der Waals surface area (Å²) in [6.07, 6.45) is 0. The number of hydrogen-bond acceptors (Lipinski definition) is 2. The highest BCUT2D eigenvalue weighted by atomic mass is 35.5. The van der Waals surface area contributed by atoms with E-state index in [1.807, 2.05) is 31.2 Å². The Balaban J connectivity index is 2.05. The van der Waals surface area contributed by atoms with Crippen LogP contribution in [0.4, 0.5) is 0 Å². The Bertz CT molecular complexity index is 779. The lowest BCUT2D eigenvalue weighted by atomic mass is 10.0. The molecule has 3 rings (SSSR count). The monoisotopic (exact) mass is 305 g/mol. The van der Waals surface area contributed by atoms with Gasteiger partial charge in [0.1, 0.15) is 11.3 Å². The van der Waals surface area contributed by atoms with Crippen LogP contribution in [0, 0.1) is 6.92 Å². The van der Waals surface area contributed by atoms with Crippen molar-refractivity contribution in [3.8, 4) is 0 Å². The number of hydrogen-bond donors (Lipinski definition) is 1. The normalized spacial score (nSPS) is 12.8. The molecule has 2 aromatic carbocycles. The van der Waals surface area contributed by atoms with E-state index in [1.54, 1.807) is 12.1 Å². The molecular formula is C16H13Cl2NO. The number of halogens is 2. The maximum absolute atomic E-state index is 6.25. The summed E-state index contributed by atoms with van der Waals surface area (Å²) in [6.45, 7) is 2.04. The minimum atomic E-state index is -0.410. The molecular weight excluding hydrogens is 293 g/mol. The third kappa shape index (κ3) is 2.42. The molecule has 0 aliphatic rings. The van der Waals surface area contributed by atoms with Gasteiger partial charge in [0.15, 0.2) is 0 Å². The second kappa shape index (κ2) is 5.13. The van der Waals surface area contributed by atoms with Gasteiger partial charge in [0.25, 0.3) is 0 Å². The Hall–Kier alpha value is -1.48. The molecule has 1 atom stereocenters. The average molecular weight is 306 g/mol. The zero-order valence-electron chi connectivity index (χ0n) is 10.9. The molecule has 0 bridgehead atoms. The van der Waals surface area contributed by atoms with Crippen LogP contribution >= 0.6 is 23.2 Å². The van der Waals surface area contributed by atoms with Crippen LogP contribution < -0.4 is 5.73 Å². The van der Waals surface area contributed by atoms with Crippen LogP contribution in [0.3, 0.4) is 0 Å². The second-order valence-corrected chi connectivity index (χ2v) is 5.68. The summed E-state index contributed by atoms with van der Waals surface area (Å²) in [4.78, 5) is 0. The van der Waals surface area contributed by atoms with Gasteiger partial charge in [0.2, 0.25) is 0 Å². The average Bonchev–Trinajstić information content (AvgIpc) is 2.81. The highest BCUT2D eigenvalue weighted by Gasteiger charge is 2.17. The fourth-order valence-corrected chi connectivity index (χ4v) is 2.77. The molecule has 2 N–H and O–H groups in total. The minimum absolute atomic E-state index is 0.410. The molecule has 0 aliphatic heterocycles. The van der Waals surface area contributed by atoms with E-state index in [9.17, 15) is 0 Å². The fraction of sp³-hybridized carbons (Fsp3) is 0.125. The zero-order valence-corrected chi connectivity index (χ0v) is 12.4. The van der Waals surface area contributed by atoms with Gasteiger partial charge in [-0.05, 0) is 42.8 Å². The van der Waals surface area contributed by atoms with Crippen LogP contribution in [0.25, 0.3) is 11.0 Å². The second-order valence-electron chi connectivity index (χ2n) is 4.83. The topological polar surface area (TPSA) is 39.2 Å². The summed E-state index contributed by atoms with van der Waals surface area (Å²) >= 11 is 12.1. The summed E-state index contributed by atoms with van der Waals surface area (Å²) in [5.41, 5.74) is 9.05. The molecule has 0 amide bonds. The lowest BCUT2D eigenvalue weighted by Crippen LogP contribution is -2.11. The Labute approximate surface area is 127 Å². The van der Waals surface area contributed by atoms with Gasteiger partial charge in [0, 0.05) is 15.4 Å². The summed E-state index contributed by atoms with van der Waals surface area (Å²) in [5, 5.41) is 2.17. The van der Waals surface area contributed by atoms with Gasteiger partial charge in [-0.2, -0.15) is 0 Å². The Morgan fingerprint density at radius 1 is 1.05 bits per heavy atom. The lowest BCUT2D eigenvalue weighted by molar-refractivity contribution is 0.525. The van der Waals surface area contributed by atoms with Gasteiger partial charge in [-0.1, -0.05) is 40.9 Å². The summed E-state index contributed by atoms with van der Waals surface area (Å²) in [7, 11) is 0. The Kier molecular flexibility index (Phi) is 3.47. The van der Waals surface area contributed by atoms with Crippen molar-refractivity contribution in [2.75, 3.05) is 0 Å². The third-order valence-electron chi connectivity index (χ3n) is 3.29. The van der Waals surface area contributed by atoms with Crippen LogP contribution in [-0.4, -0.2) is 0 Å². The van der Waals surface area contributed by atoms with Crippen LogP contribution in [-0.2, 0) is 0 Å². The molecule has 1 aromatic heterocycles. The first kappa shape index (κ1) is 13.5. The van der Waals surface area contributed by atoms with Crippen LogP contribution in [0.1, 0.15) is 22.9 Å². The maximum atomic E-state index is 6.25. The van der Waals surface area contributed by atoms with Crippen molar-refractivity contribution in [3.63, 3.8) is 0 Å². The first-order valence-electron chi connectivity index (χ1n) is 6.25. The summed E-state index contributed by atoms with van der Waals surface area (Å²) in [6, 6.07) is 12.9. The van der Waals surface area contributed by atoms with Crippen molar-refractivity contribution in [1.82, 2.24) is 0 Å². The summed E-state index contributed by atoms with van der Waals surface area (Å²) in [5.74, 6) is 0.690. The summed E-state index contributed by atoms with van der Waals surface area (Å²) < 4.78 is 5.81. The Morgan fingerprint density at radius 3 is 2.60 bits per heavy atom. The molecule has 4 heteroatoms. The first-order chi connectivity index (χ1) is 9.54. The van der Waals surface area contributed by atoms with Gasteiger partial charge in [-0.15, -0.1) is 0 Å². The van der Waals surface area contributed by atoms with E-state index in [-0.39, 0.29) is 0 Å². The number of benzene rings is 2. The number of furan rings is 1. The molecule has 20 heavy (non-hydrogen) atoms. The standard InChI is InChI=1S/C16H13Cl2NO/c1-9-2-5-14-10(6-9)7-15(20-14)16(19)12-4-3-11(17)8-13(12)18/h2-8,16H,19H2,1H3. The molecule has 1 unspecified atom stereocenters. The molecule has 1 heterocycles. The smallest absolute Gasteiger partial charge is 0.134 e. The van der Waals surface area contributed by atoms with Crippen LogP contribution in [0.15, 0.2) is 46.9 Å². The fourth-order valence-electron chi connectivity index (χ4n) is 2.24. The van der Waals surface area contributed by atoms with E-state index < -0.39 is 6.04 Å². The van der Waals surface area contributed by atoms with E-state index in [2.05, 4.69) is 6.07 Å². The van der Waals surface area contributed by atoms with Crippen molar-refractivity contribution in [3.05, 3.63) is 69.4 Å². The van der Waals surface area contributed by atoms with E-state index in [0.29, 0.717) is 15.8 Å². The van der Waals surface area contributed by atoms with Crippen molar-refractivity contribution < 1.29 is 4.42 Å². The molecule has 3 aromatic rings. The highest BCUT2D eigenvalue weighted by Crippen LogP contribution is 2.32. The van der Waals surface area contributed by atoms with E-state index in [0.717, 1.165) is 16.5 Å². The van der Waals surface area contributed by atoms with Crippen molar-refractivity contribution in [2.24, 2.45) is 5.73 Å². The van der Waals surface area contributed by atoms with Crippen molar-refractivity contribution >= 4 is 34.2 Å². The Morgan fingerprint density at radius 2 is 1.85 bits per heavy atom. The predicted octanol–water partition coefficient (Wildman–Crippen LogP) is 5.10. The molecule has 2 nitrogen and oxygen atoms in total. The van der Waals surface area contributed by atoms with E-state index in [4.69, 9.17) is 33.4 Å². The molecule has 0 spiro atoms.